The smallest absolute Gasteiger partial charge is 0.263 e. The van der Waals surface area contributed by atoms with E-state index in [4.69, 9.17) is 20.2 Å². The first-order valence-electron chi connectivity index (χ1n) is 5.20. The van der Waals surface area contributed by atoms with Crippen molar-refractivity contribution < 1.29 is 17.9 Å². The van der Waals surface area contributed by atoms with Crippen molar-refractivity contribution in [2.24, 2.45) is 0 Å². The standard InChI is InChI=1S/C11H12ClNO4S/c1-16-4-5-17-8-2-3-9-10(6-8)13-7-11(9)18(12,14)15/h2-3,6-7,13H,4-5H2,1H3. The summed E-state index contributed by atoms with van der Waals surface area (Å²) in [6.45, 7) is 0.924. The molecule has 98 valence electrons. The Balaban J connectivity index is 2.31. The molecule has 0 spiro atoms. The molecule has 2 rings (SSSR count). The third-order valence-corrected chi connectivity index (χ3v) is 3.80. The number of H-pyrrole nitrogens is 1. The second-order valence-corrected chi connectivity index (χ2v) is 6.17. The first kappa shape index (κ1) is 13.2. The molecule has 0 fully saturated rings. The molecule has 2 aromatic rings. The van der Waals surface area contributed by atoms with Gasteiger partial charge in [-0.05, 0) is 12.1 Å². The molecule has 0 amide bonds. The largest absolute Gasteiger partial charge is 0.491 e. The SMILES string of the molecule is COCCOc1ccc2c(S(=O)(=O)Cl)c[nH]c2c1. The Labute approximate surface area is 109 Å². The van der Waals surface area contributed by atoms with Gasteiger partial charge in [0, 0.05) is 35.4 Å². The lowest BCUT2D eigenvalue weighted by molar-refractivity contribution is 0.146. The first-order valence-corrected chi connectivity index (χ1v) is 7.51. The van der Waals surface area contributed by atoms with Crippen LogP contribution in [0.5, 0.6) is 5.75 Å². The highest BCUT2D eigenvalue weighted by Crippen LogP contribution is 2.28. The molecule has 0 saturated carbocycles. The van der Waals surface area contributed by atoms with Crippen LogP contribution in [0.25, 0.3) is 10.9 Å². The maximum absolute atomic E-state index is 11.3. The van der Waals surface area contributed by atoms with Crippen LogP contribution >= 0.6 is 10.7 Å². The number of aromatic amines is 1. The maximum Gasteiger partial charge on any atom is 0.263 e. The number of hydrogen-bond acceptors (Lipinski definition) is 4. The van der Waals surface area contributed by atoms with Crippen LogP contribution in [0.2, 0.25) is 0 Å². The number of ether oxygens (including phenoxy) is 2. The van der Waals surface area contributed by atoms with E-state index in [2.05, 4.69) is 4.98 Å². The molecule has 0 aliphatic carbocycles. The van der Waals surface area contributed by atoms with E-state index in [1.807, 2.05) is 0 Å². The summed E-state index contributed by atoms with van der Waals surface area (Å²) in [7, 11) is 3.18. The predicted molar refractivity (Wildman–Crippen MR) is 68.7 cm³/mol. The molecule has 1 heterocycles. The summed E-state index contributed by atoms with van der Waals surface area (Å²) in [4.78, 5) is 2.92. The molecule has 1 aromatic carbocycles. The maximum atomic E-state index is 11.3. The summed E-state index contributed by atoms with van der Waals surface area (Å²) in [5.74, 6) is 0.639. The van der Waals surface area contributed by atoms with Crippen LogP contribution < -0.4 is 4.74 Å². The molecule has 0 aliphatic heterocycles. The molecule has 1 N–H and O–H groups in total. The molecule has 0 aliphatic rings. The molecule has 1 aromatic heterocycles. The minimum absolute atomic E-state index is 0.0719. The number of hydrogen-bond donors (Lipinski definition) is 1. The van der Waals surface area contributed by atoms with E-state index >= 15 is 0 Å². The lowest BCUT2D eigenvalue weighted by Gasteiger charge is -2.05. The Morgan fingerprint density at radius 2 is 2.11 bits per heavy atom. The van der Waals surface area contributed by atoms with E-state index in [0.29, 0.717) is 29.9 Å². The Morgan fingerprint density at radius 3 is 2.78 bits per heavy atom. The van der Waals surface area contributed by atoms with Crippen molar-refractivity contribution in [1.82, 2.24) is 4.98 Å². The van der Waals surface area contributed by atoms with Crippen molar-refractivity contribution >= 4 is 30.6 Å². The lowest BCUT2D eigenvalue weighted by Crippen LogP contribution is -2.03. The van der Waals surface area contributed by atoms with Gasteiger partial charge in [0.05, 0.1) is 12.1 Å². The minimum Gasteiger partial charge on any atom is -0.491 e. The van der Waals surface area contributed by atoms with Crippen molar-refractivity contribution in [3.63, 3.8) is 0 Å². The van der Waals surface area contributed by atoms with E-state index in [1.165, 1.54) is 6.20 Å². The molecule has 0 atom stereocenters. The quantitative estimate of drug-likeness (QED) is 0.676. The third-order valence-electron chi connectivity index (χ3n) is 2.43. The van der Waals surface area contributed by atoms with Gasteiger partial charge in [0.2, 0.25) is 0 Å². The van der Waals surface area contributed by atoms with Crippen LogP contribution in [0.3, 0.4) is 0 Å². The van der Waals surface area contributed by atoms with Gasteiger partial charge in [0.1, 0.15) is 17.3 Å². The topological polar surface area (TPSA) is 68.4 Å². The Hall–Kier alpha value is -1.24. The van der Waals surface area contributed by atoms with Crippen molar-refractivity contribution in [3.05, 3.63) is 24.4 Å². The fraction of sp³-hybridized carbons (Fsp3) is 0.273. The van der Waals surface area contributed by atoms with Gasteiger partial charge in [0.25, 0.3) is 9.05 Å². The van der Waals surface area contributed by atoms with E-state index in [-0.39, 0.29) is 4.90 Å². The molecule has 0 unspecified atom stereocenters. The minimum atomic E-state index is -3.74. The Morgan fingerprint density at radius 1 is 1.33 bits per heavy atom. The fourth-order valence-corrected chi connectivity index (χ4v) is 2.64. The van der Waals surface area contributed by atoms with Gasteiger partial charge >= 0.3 is 0 Å². The van der Waals surface area contributed by atoms with Gasteiger partial charge in [-0.15, -0.1) is 0 Å². The van der Waals surface area contributed by atoms with Crippen LogP contribution in [-0.4, -0.2) is 33.7 Å². The molecular weight excluding hydrogens is 278 g/mol. The number of aromatic nitrogens is 1. The third kappa shape index (κ3) is 2.77. The zero-order valence-corrected chi connectivity index (χ0v) is 11.2. The van der Waals surface area contributed by atoms with Gasteiger partial charge in [0.15, 0.2) is 0 Å². The molecule has 0 bridgehead atoms. The highest BCUT2D eigenvalue weighted by atomic mass is 35.7. The molecule has 18 heavy (non-hydrogen) atoms. The number of nitrogens with one attached hydrogen (secondary N) is 1. The number of methoxy groups -OCH3 is 1. The summed E-state index contributed by atoms with van der Waals surface area (Å²) < 4.78 is 32.9. The molecular formula is C11H12ClNO4S. The fourth-order valence-electron chi connectivity index (χ4n) is 1.61. The number of fused-ring (bicyclic) bond motifs is 1. The van der Waals surface area contributed by atoms with Crippen LogP contribution in [-0.2, 0) is 13.8 Å². The zero-order valence-electron chi connectivity index (χ0n) is 9.64. The number of halogens is 1. The zero-order chi connectivity index (χ0) is 13.2. The van der Waals surface area contributed by atoms with Crippen molar-refractivity contribution in [3.8, 4) is 5.75 Å². The van der Waals surface area contributed by atoms with Crippen molar-refractivity contribution in [1.29, 1.82) is 0 Å². The van der Waals surface area contributed by atoms with E-state index in [1.54, 1.807) is 25.3 Å². The van der Waals surface area contributed by atoms with Crippen LogP contribution in [0.1, 0.15) is 0 Å². The van der Waals surface area contributed by atoms with Gasteiger partial charge in [-0.3, -0.25) is 0 Å². The first-order chi connectivity index (χ1) is 8.52. The van der Waals surface area contributed by atoms with Crippen LogP contribution in [0.4, 0.5) is 0 Å². The molecule has 7 heteroatoms. The average Bonchev–Trinajstić information content (AvgIpc) is 2.72. The van der Waals surface area contributed by atoms with Crippen LogP contribution in [0.15, 0.2) is 29.3 Å². The normalized spacial score (nSPS) is 11.9. The Kier molecular flexibility index (Phi) is 3.79. The molecule has 5 nitrogen and oxygen atoms in total. The van der Waals surface area contributed by atoms with E-state index < -0.39 is 9.05 Å². The highest BCUT2D eigenvalue weighted by molar-refractivity contribution is 8.14. The summed E-state index contributed by atoms with van der Waals surface area (Å²) in [6.07, 6.45) is 1.37. The van der Waals surface area contributed by atoms with E-state index in [0.717, 1.165) is 0 Å². The monoisotopic (exact) mass is 289 g/mol. The Bertz CT molecular complexity index is 650. The van der Waals surface area contributed by atoms with Gasteiger partial charge in [-0.1, -0.05) is 0 Å². The van der Waals surface area contributed by atoms with E-state index in [9.17, 15) is 8.42 Å². The number of benzene rings is 1. The van der Waals surface area contributed by atoms with Crippen molar-refractivity contribution in [2.45, 2.75) is 4.90 Å². The molecule has 0 saturated heterocycles. The van der Waals surface area contributed by atoms with Crippen molar-refractivity contribution in [2.75, 3.05) is 20.3 Å². The highest BCUT2D eigenvalue weighted by Gasteiger charge is 2.16. The number of rotatable bonds is 5. The summed E-state index contributed by atoms with van der Waals surface area (Å²) in [5.41, 5.74) is 0.657. The van der Waals surface area contributed by atoms with Gasteiger partial charge in [-0.2, -0.15) is 0 Å². The second-order valence-electron chi connectivity index (χ2n) is 3.64. The van der Waals surface area contributed by atoms with Gasteiger partial charge in [-0.25, -0.2) is 8.42 Å². The van der Waals surface area contributed by atoms with Gasteiger partial charge < -0.3 is 14.5 Å². The predicted octanol–water partition coefficient (Wildman–Crippen LogP) is 2.12. The lowest BCUT2D eigenvalue weighted by atomic mass is 10.2. The average molecular weight is 290 g/mol. The summed E-state index contributed by atoms with van der Waals surface area (Å²) in [5, 5.41) is 0.545. The summed E-state index contributed by atoms with van der Waals surface area (Å²) in [6, 6.07) is 5.07. The molecule has 0 radical (unpaired) electrons. The van der Waals surface area contributed by atoms with Crippen LogP contribution in [0, 0.1) is 0 Å². The summed E-state index contributed by atoms with van der Waals surface area (Å²) >= 11 is 0. The second kappa shape index (κ2) is 5.17.